The fourth-order valence-electron chi connectivity index (χ4n) is 2.14. The lowest BCUT2D eigenvalue weighted by Crippen LogP contribution is -2.21. The van der Waals surface area contributed by atoms with E-state index in [2.05, 4.69) is 66.3 Å². The van der Waals surface area contributed by atoms with Crippen LogP contribution in [0.3, 0.4) is 0 Å². The largest absolute Gasteiger partial charge is 0.305 e. The number of rotatable bonds is 5. The van der Waals surface area contributed by atoms with Crippen LogP contribution >= 0.6 is 27.3 Å². The maximum Gasteiger partial charge on any atom is 0.115 e. The molecule has 2 rings (SSSR count). The van der Waals surface area contributed by atoms with Crippen molar-refractivity contribution in [1.29, 1.82) is 0 Å². The highest BCUT2D eigenvalue weighted by molar-refractivity contribution is 9.10. The highest BCUT2D eigenvalue weighted by Crippen LogP contribution is 2.29. The van der Waals surface area contributed by atoms with Crippen molar-refractivity contribution in [2.75, 3.05) is 6.54 Å². The quantitative estimate of drug-likeness (QED) is 0.869. The van der Waals surface area contributed by atoms with Crippen LogP contribution in [0.1, 0.15) is 41.0 Å². The third-order valence-corrected chi connectivity index (χ3v) is 4.65. The molecule has 1 N–H and O–H groups in total. The molecule has 0 aliphatic heterocycles. The number of nitrogens with zero attached hydrogens (tertiary/aromatic N) is 1. The first-order valence-corrected chi connectivity index (χ1v) is 8.21. The highest BCUT2D eigenvalue weighted by atomic mass is 79.9. The van der Waals surface area contributed by atoms with Crippen molar-refractivity contribution >= 4 is 27.3 Å². The molecule has 1 unspecified atom stereocenters. The minimum Gasteiger partial charge on any atom is -0.305 e. The van der Waals surface area contributed by atoms with Crippen molar-refractivity contribution < 1.29 is 0 Å². The van der Waals surface area contributed by atoms with Crippen molar-refractivity contribution in [1.82, 2.24) is 10.3 Å². The van der Waals surface area contributed by atoms with Crippen LogP contribution in [-0.4, -0.2) is 11.5 Å². The lowest BCUT2D eigenvalue weighted by atomic mass is 10.1. The molecule has 0 bridgehead atoms. The molecule has 102 valence electrons. The first kappa shape index (κ1) is 14.7. The molecule has 0 saturated heterocycles. The lowest BCUT2D eigenvalue weighted by Gasteiger charge is -2.16. The van der Waals surface area contributed by atoms with Gasteiger partial charge in [0.15, 0.2) is 0 Å². The van der Waals surface area contributed by atoms with Gasteiger partial charge in [-0.1, -0.05) is 41.9 Å². The van der Waals surface area contributed by atoms with E-state index in [-0.39, 0.29) is 6.04 Å². The van der Waals surface area contributed by atoms with Gasteiger partial charge >= 0.3 is 0 Å². The van der Waals surface area contributed by atoms with E-state index in [1.54, 1.807) is 11.3 Å². The van der Waals surface area contributed by atoms with Gasteiger partial charge in [-0.05, 0) is 37.6 Å². The van der Waals surface area contributed by atoms with Gasteiger partial charge in [-0.15, -0.1) is 11.3 Å². The van der Waals surface area contributed by atoms with E-state index >= 15 is 0 Å². The molecule has 19 heavy (non-hydrogen) atoms. The van der Waals surface area contributed by atoms with Crippen LogP contribution in [0.15, 0.2) is 28.7 Å². The third-order valence-electron chi connectivity index (χ3n) is 3.08. The Morgan fingerprint density at radius 2 is 2.16 bits per heavy atom. The summed E-state index contributed by atoms with van der Waals surface area (Å²) < 4.78 is 1.11. The van der Waals surface area contributed by atoms with Gasteiger partial charge in [-0.3, -0.25) is 0 Å². The van der Waals surface area contributed by atoms with Crippen LogP contribution in [0.25, 0.3) is 0 Å². The SMILES string of the molecule is CCNC(c1cccc(Br)c1)c1nc(CC)c(C)s1. The second-order valence-electron chi connectivity index (χ2n) is 4.45. The summed E-state index contributed by atoms with van der Waals surface area (Å²) >= 11 is 5.34. The average molecular weight is 339 g/mol. The van der Waals surface area contributed by atoms with Crippen molar-refractivity contribution in [2.24, 2.45) is 0 Å². The Hall–Kier alpha value is -0.710. The molecule has 0 fully saturated rings. The van der Waals surface area contributed by atoms with E-state index in [9.17, 15) is 0 Å². The molecule has 0 aliphatic rings. The number of hydrogen-bond acceptors (Lipinski definition) is 3. The number of benzene rings is 1. The topological polar surface area (TPSA) is 24.9 Å². The molecule has 0 spiro atoms. The first-order chi connectivity index (χ1) is 9.15. The van der Waals surface area contributed by atoms with Gasteiger partial charge in [0.25, 0.3) is 0 Å². The van der Waals surface area contributed by atoms with E-state index in [0.29, 0.717) is 0 Å². The summed E-state index contributed by atoms with van der Waals surface area (Å²) in [5, 5.41) is 4.70. The zero-order valence-corrected chi connectivity index (χ0v) is 13.9. The molecule has 2 aromatic rings. The zero-order valence-electron chi connectivity index (χ0n) is 11.5. The van der Waals surface area contributed by atoms with E-state index < -0.39 is 0 Å². The summed E-state index contributed by atoms with van der Waals surface area (Å²) in [6.45, 7) is 7.38. The molecule has 1 heterocycles. The molecule has 0 aliphatic carbocycles. The van der Waals surface area contributed by atoms with Gasteiger partial charge < -0.3 is 5.32 Å². The van der Waals surface area contributed by atoms with Crippen LogP contribution in [0.5, 0.6) is 0 Å². The molecule has 0 radical (unpaired) electrons. The lowest BCUT2D eigenvalue weighted by molar-refractivity contribution is 0.625. The third kappa shape index (κ3) is 3.44. The van der Waals surface area contributed by atoms with Crippen molar-refractivity contribution in [2.45, 2.75) is 33.2 Å². The highest BCUT2D eigenvalue weighted by Gasteiger charge is 2.18. The van der Waals surface area contributed by atoms with Crippen LogP contribution in [0, 0.1) is 6.92 Å². The Kier molecular flexibility index (Phi) is 5.13. The summed E-state index contributed by atoms with van der Waals surface area (Å²) in [6.07, 6.45) is 1.000. The Bertz CT molecular complexity index is 551. The van der Waals surface area contributed by atoms with E-state index in [4.69, 9.17) is 4.98 Å². The van der Waals surface area contributed by atoms with Crippen molar-refractivity contribution in [3.8, 4) is 0 Å². The average Bonchev–Trinajstić information content (AvgIpc) is 2.77. The summed E-state index contributed by atoms with van der Waals surface area (Å²) in [5.74, 6) is 0. The first-order valence-electron chi connectivity index (χ1n) is 6.60. The molecular weight excluding hydrogens is 320 g/mol. The number of hydrogen-bond donors (Lipinski definition) is 1. The van der Waals surface area contributed by atoms with Gasteiger partial charge in [0.05, 0.1) is 11.7 Å². The monoisotopic (exact) mass is 338 g/mol. The summed E-state index contributed by atoms with van der Waals surface area (Å²) in [6, 6.07) is 8.63. The van der Waals surface area contributed by atoms with E-state index in [1.807, 2.05) is 0 Å². The van der Waals surface area contributed by atoms with Gasteiger partial charge in [0.2, 0.25) is 0 Å². The molecule has 1 aromatic heterocycles. The van der Waals surface area contributed by atoms with Gasteiger partial charge in [-0.25, -0.2) is 4.98 Å². The van der Waals surface area contributed by atoms with Gasteiger partial charge in [0.1, 0.15) is 5.01 Å². The van der Waals surface area contributed by atoms with Crippen LogP contribution in [-0.2, 0) is 6.42 Å². The number of nitrogens with one attached hydrogen (secondary N) is 1. The van der Waals surface area contributed by atoms with Gasteiger partial charge in [0, 0.05) is 9.35 Å². The standard InChI is InChI=1S/C15H19BrN2S/c1-4-13-10(3)19-15(18-13)14(17-5-2)11-7-6-8-12(16)9-11/h6-9,14,17H,4-5H2,1-3H3. The number of aromatic nitrogens is 1. The Labute approximate surface area is 127 Å². The minimum absolute atomic E-state index is 0.187. The van der Waals surface area contributed by atoms with E-state index in [1.165, 1.54) is 16.1 Å². The van der Waals surface area contributed by atoms with Crippen molar-refractivity contribution in [3.05, 3.63) is 49.9 Å². The Balaban J connectivity index is 2.39. The normalized spacial score (nSPS) is 12.6. The predicted molar refractivity (Wildman–Crippen MR) is 85.9 cm³/mol. The second kappa shape index (κ2) is 6.64. The van der Waals surface area contributed by atoms with Crippen molar-refractivity contribution in [3.63, 3.8) is 0 Å². The maximum absolute atomic E-state index is 4.79. The Morgan fingerprint density at radius 3 is 2.74 bits per heavy atom. The molecule has 4 heteroatoms. The maximum atomic E-state index is 4.79. The van der Waals surface area contributed by atoms with Crippen LogP contribution in [0.4, 0.5) is 0 Å². The minimum atomic E-state index is 0.187. The van der Waals surface area contributed by atoms with E-state index in [0.717, 1.165) is 22.4 Å². The molecule has 1 atom stereocenters. The fraction of sp³-hybridized carbons (Fsp3) is 0.400. The molecule has 2 nitrogen and oxygen atoms in total. The predicted octanol–water partition coefficient (Wildman–Crippen LogP) is 4.48. The molecule has 0 amide bonds. The zero-order chi connectivity index (χ0) is 13.8. The summed E-state index contributed by atoms with van der Waals surface area (Å²) in [7, 11) is 0. The Morgan fingerprint density at radius 1 is 1.37 bits per heavy atom. The summed E-state index contributed by atoms with van der Waals surface area (Å²) in [5.41, 5.74) is 2.48. The van der Waals surface area contributed by atoms with Crippen LogP contribution < -0.4 is 5.32 Å². The number of thiazole rings is 1. The smallest absolute Gasteiger partial charge is 0.115 e. The molecule has 1 aromatic carbocycles. The number of aryl methyl sites for hydroxylation is 2. The second-order valence-corrected chi connectivity index (χ2v) is 6.60. The van der Waals surface area contributed by atoms with Crippen LogP contribution in [0.2, 0.25) is 0 Å². The molecule has 0 saturated carbocycles. The fourth-order valence-corrected chi connectivity index (χ4v) is 3.67. The van der Waals surface area contributed by atoms with Gasteiger partial charge in [-0.2, -0.15) is 0 Å². The molecular formula is C15H19BrN2S. The summed E-state index contributed by atoms with van der Waals surface area (Å²) in [4.78, 5) is 6.12. The number of halogens is 1.